The van der Waals surface area contributed by atoms with Crippen LogP contribution in [0.4, 0.5) is 20.6 Å². The standard InChI is InChI=1S/C18H26FN3O2/c19-15-4-5-17(21-8-2-1-3-9-21)16(12-15)20-18(24)22-10-6-14(13-23)7-11-22/h4-5,12,14,23H,1-3,6-11,13H2,(H,20,24). The quantitative estimate of drug-likeness (QED) is 0.893. The molecule has 5 nitrogen and oxygen atoms in total. The zero-order chi connectivity index (χ0) is 16.9. The van der Waals surface area contributed by atoms with E-state index in [4.69, 9.17) is 0 Å². The van der Waals surface area contributed by atoms with Crippen molar-refractivity contribution in [3.8, 4) is 0 Å². The second kappa shape index (κ2) is 7.83. The van der Waals surface area contributed by atoms with Crippen LogP contribution < -0.4 is 10.2 Å². The van der Waals surface area contributed by atoms with E-state index in [2.05, 4.69) is 10.2 Å². The third-order valence-electron chi connectivity index (χ3n) is 5.06. The molecule has 0 atom stereocenters. The van der Waals surface area contributed by atoms with Crippen molar-refractivity contribution in [2.24, 2.45) is 5.92 Å². The average Bonchev–Trinajstić information content (AvgIpc) is 2.62. The molecule has 0 aromatic heterocycles. The molecule has 24 heavy (non-hydrogen) atoms. The zero-order valence-electron chi connectivity index (χ0n) is 14.0. The van der Waals surface area contributed by atoms with E-state index in [-0.39, 0.29) is 24.4 Å². The van der Waals surface area contributed by atoms with Crippen molar-refractivity contribution in [2.75, 3.05) is 43.0 Å². The number of likely N-dealkylation sites (tertiary alicyclic amines) is 1. The lowest BCUT2D eigenvalue weighted by atomic mass is 9.98. The Bertz CT molecular complexity index is 567. The predicted octanol–water partition coefficient (Wildman–Crippen LogP) is 3.05. The molecule has 1 aromatic rings. The molecule has 2 heterocycles. The average molecular weight is 335 g/mol. The highest BCUT2D eigenvalue weighted by Crippen LogP contribution is 2.30. The van der Waals surface area contributed by atoms with Crippen molar-refractivity contribution in [1.82, 2.24) is 4.90 Å². The first-order valence-corrected chi connectivity index (χ1v) is 8.88. The maximum Gasteiger partial charge on any atom is 0.321 e. The van der Waals surface area contributed by atoms with E-state index in [1.54, 1.807) is 11.0 Å². The number of benzene rings is 1. The lowest BCUT2D eigenvalue weighted by molar-refractivity contribution is 0.143. The molecule has 2 saturated heterocycles. The van der Waals surface area contributed by atoms with Gasteiger partial charge in [0, 0.05) is 32.8 Å². The first-order chi connectivity index (χ1) is 11.7. The number of carbonyl (C=O) groups excluding carboxylic acids is 1. The van der Waals surface area contributed by atoms with Gasteiger partial charge in [0.15, 0.2) is 0 Å². The van der Waals surface area contributed by atoms with Crippen LogP contribution in [0, 0.1) is 11.7 Å². The summed E-state index contributed by atoms with van der Waals surface area (Å²) in [5, 5.41) is 12.1. The van der Waals surface area contributed by atoms with Crippen molar-refractivity contribution in [1.29, 1.82) is 0 Å². The summed E-state index contributed by atoms with van der Waals surface area (Å²) in [5.41, 5.74) is 1.45. The Morgan fingerprint density at radius 3 is 2.54 bits per heavy atom. The van der Waals surface area contributed by atoms with Crippen LogP contribution in [0.2, 0.25) is 0 Å². The number of rotatable bonds is 3. The van der Waals surface area contributed by atoms with E-state index < -0.39 is 0 Å². The largest absolute Gasteiger partial charge is 0.396 e. The minimum atomic E-state index is -0.343. The molecule has 3 rings (SSSR count). The number of nitrogens with zero attached hydrogens (tertiary/aromatic N) is 2. The number of aliphatic hydroxyl groups is 1. The number of anilines is 2. The molecule has 2 aliphatic heterocycles. The number of halogens is 1. The summed E-state index contributed by atoms with van der Waals surface area (Å²) in [6.07, 6.45) is 5.09. The first-order valence-electron chi connectivity index (χ1n) is 8.88. The summed E-state index contributed by atoms with van der Waals surface area (Å²) in [6, 6.07) is 4.43. The monoisotopic (exact) mass is 335 g/mol. The number of carbonyl (C=O) groups is 1. The minimum absolute atomic E-state index is 0.179. The Balaban J connectivity index is 1.69. The van der Waals surface area contributed by atoms with Crippen LogP contribution in [0.5, 0.6) is 0 Å². The second-order valence-electron chi connectivity index (χ2n) is 6.75. The van der Waals surface area contributed by atoms with Crippen LogP contribution in [0.15, 0.2) is 18.2 Å². The second-order valence-corrected chi connectivity index (χ2v) is 6.75. The fourth-order valence-corrected chi connectivity index (χ4v) is 3.53. The highest BCUT2D eigenvalue weighted by molar-refractivity contribution is 5.93. The maximum atomic E-state index is 13.7. The molecule has 0 radical (unpaired) electrons. The third kappa shape index (κ3) is 3.98. The molecule has 2 N–H and O–H groups in total. The van der Waals surface area contributed by atoms with Gasteiger partial charge in [-0.05, 0) is 56.2 Å². The molecule has 0 bridgehead atoms. The molecule has 2 amide bonds. The summed E-state index contributed by atoms with van der Waals surface area (Å²) >= 11 is 0. The number of hydrogen-bond acceptors (Lipinski definition) is 3. The van der Waals surface area contributed by atoms with Crippen LogP contribution in [-0.2, 0) is 0 Å². The van der Waals surface area contributed by atoms with E-state index in [1.165, 1.54) is 18.6 Å². The van der Waals surface area contributed by atoms with E-state index in [1.807, 2.05) is 0 Å². The molecule has 0 aliphatic carbocycles. The number of piperidine rings is 2. The summed E-state index contributed by atoms with van der Waals surface area (Å²) in [7, 11) is 0. The fourth-order valence-electron chi connectivity index (χ4n) is 3.53. The normalized spacial score (nSPS) is 19.4. The molecule has 0 unspecified atom stereocenters. The summed E-state index contributed by atoms with van der Waals surface area (Å²) in [5.74, 6) is -0.0582. The summed E-state index contributed by atoms with van der Waals surface area (Å²) < 4.78 is 13.7. The van der Waals surface area contributed by atoms with Gasteiger partial charge in [0.05, 0.1) is 11.4 Å². The molecule has 1 aromatic carbocycles. The Kier molecular flexibility index (Phi) is 5.56. The van der Waals surface area contributed by atoms with Gasteiger partial charge < -0.3 is 20.2 Å². The fraction of sp³-hybridized carbons (Fsp3) is 0.611. The van der Waals surface area contributed by atoms with Gasteiger partial charge in [0.2, 0.25) is 0 Å². The molecule has 0 saturated carbocycles. The third-order valence-corrected chi connectivity index (χ3v) is 5.06. The van der Waals surface area contributed by atoms with Gasteiger partial charge in [-0.15, -0.1) is 0 Å². The van der Waals surface area contributed by atoms with Gasteiger partial charge in [-0.1, -0.05) is 0 Å². The van der Waals surface area contributed by atoms with E-state index >= 15 is 0 Å². The Morgan fingerprint density at radius 1 is 1.17 bits per heavy atom. The smallest absolute Gasteiger partial charge is 0.321 e. The number of amides is 2. The Morgan fingerprint density at radius 2 is 1.88 bits per heavy atom. The molecule has 2 fully saturated rings. The van der Waals surface area contributed by atoms with Crippen LogP contribution in [-0.4, -0.2) is 48.8 Å². The van der Waals surface area contributed by atoms with Crippen molar-refractivity contribution in [3.05, 3.63) is 24.0 Å². The summed E-state index contributed by atoms with van der Waals surface area (Å²) in [6.45, 7) is 3.32. The van der Waals surface area contributed by atoms with Crippen LogP contribution >= 0.6 is 0 Å². The maximum absolute atomic E-state index is 13.7. The molecule has 0 spiro atoms. The molecular formula is C18H26FN3O2. The van der Waals surface area contributed by atoms with Gasteiger partial charge in [-0.3, -0.25) is 0 Å². The van der Waals surface area contributed by atoms with E-state index in [0.29, 0.717) is 18.8 Å². The first kappa shape index (κ1) is 17.0. The van der Waals surface area contributed by atoms with Gasteiger partial charge in [-0.2, -0.15) is 0 Å². The van der Waals surface area contributed by atoms with Crippen LogP contribution in [0.1, 0.15) is 32.1 Å². The Labute approximate surface area is 142 Å². The van der Waals surface area contributed by atoms with Gasteiger partial charge in [0.25, 0.3) is 0 Å². The molecule has 6 heteroatoms. The molecule has 2 aliphatic rings. The van der Waals surface area contributed by atoms with Gasteiger partial charge in [0.1, 0.15) is 5.82 Å². The topological polar surface area (TPSA) is 55.8 Å². The van der Waals surface area contributed by atoms with E-state index in [9.17, 15) is 14.3 Å². The highest BCUT2D eigenvalue weighted by Gasteiger charge is 2.24. The van der Waals surface area contributed by atoms with Gasteiger partial charge >= 0.3 is 6.03 Å². The van der Waals surface area contributed by atoms with Crippen molar-refractivity contribution in [2.45, 2.75) is 32.1 Å². The van der Waals surface area contributed by atoms with Crippen LogP contribution in [0.25, 0.3) is 0 Å². The van der Waals surface area contributed by atoms with Crippen molar-refractivity contribution < 1.29 is 14.3 Å². The van der Waals surface area contributed by atoms with Crippen molar-refractivity contribution >= 4 is 17.4 Å². The highest BCUT2D eigenvalue weighted by atomic mass is 19.1. The zero-order valence-corrected chi connectivity index (χ0v) is 14.0. The molecule has 132 valence electrons. The number of hydrogen-bond donors (Lipinski definition) is 2. The lowest BCUT2D eigenvalue weighted by Crippen LogP contribution is -2.42. The minimum Gasteiger partial charge on any atom is -0.396 e. The number of nitrogens with one attached hydrogen (secondary N) is 1. The van der Waals surface area contributed by atoms with Crippen LogP contribution in [0.3, 0.4) is 0 Å². The molecular weight excluding hydrogens is 309 g/mol. The Hall–Kier alpha value is -1.82. The SMILES string of the molecule is O=C(Nc1cc(F)ccc1N1CCCCC1)N1CCC(CO)CC1. The van der Waals surface area contributed by atoms with Crippen molar-refractivity contribution in [3.63, 3.8) is 0 Å². The van der Waals surface area contributed by atoms with E-state index in [0.717, 1.165) is 44.5 Å². The van der Waals surface area contributed by atoms with Gasteiger partial charge in [-0.25, -0.2) is 9.18 Å². The number of aliphatic hydroxyl groups excluding tert-OH is 1. The lowest BCUT2D eigenvalue weighted by Gasteiger charge is -2.33. The number of urea groups is 1. The predicted molar refractivity (Wildman–Crippen MR) is 92.9 cm³/mol. The summed E-state index contributed by atoms with van der Waals surface area (Å²) in [4.78, 5) is 16.5.